The van der Waals surface area contributed by atoms with E-state index in [-0.39, 0.29) is 11.0 Å². The van der Waals surface area contributed by atoms with Gasteiger partial charge in [0.2, 0.25) is 5.52 Å². The minimum absolute atomic E-state index is 0.0412. The minimum Gasteiger partial charge on any atom is -0.710 e. The number of aromatic nitrogens is 2. The Balaban J connectivity index is 2.64. The first-order valence-corrected chi connectivity index (χ1v) is 6.52. The molecule has 1 aromatic heterocycles. The zero-order valence-electron chi connectivity index (χ0n) is 12.3. The summed E-state index contributed by atoms with van der Waals surface area (Å²) in [6.45, 7) is 5.02. The lowest BCUT2D eigenvalue weighted by molar-refractivity contribution is -0.620. The predicted molar refractivity (Wildman–Crippen MR) is 76.6 cm³/mol. The second kappa shape index (κ2) is 5.73. The Morgan fingerprint density at radius 2 is 2.00 bits per heavy atom. The van der Waals surface area contributed by atoms with Crippen molar-refractivity contribution < 1.29 is 19.0 Å². The van der Waals surface area contributed by atoms with Crippen molar-refractivity contribution in [2.24, 2.45) is 0 Å². The molecule has 2 rings (SSSR count). The first kappa shape index (κ1) is 15.3. The molecule has 0 aliphatic rings. The number of carbonyl (C=O) groups is 1. The maximum atomic E-state index is 12.3. The molecule has 0 bridgehead atoms. The zero-order valence-corrected chi connectivity index (χ0v) is 12.3. The molecular weight excluding hydrogens is 288 g/mol. The number of rotatable bonds is 2. The number of nitriles is 1. The quantitative estimate of drug-likeness (QED) is 0.661. The van der Waals surface area contributed by atoms with E-state index in [1.165, 1.54) is 12.1 Å². The summed E-state index contributed by atoms with van der Waals surface area (Å²) in [4.78, 5) is 11.6. The van der Waals surface area contributed by atoms with Crippen LogP contribution in [0.4, 0.5) is 10.6 Å². The molecule has 0 aliphatic carbocycles. The van der Waals surface area contributed by atoms with Gasteiger partial charge in [-0.1, -0.05) is 6.07 Å². The molecule has 0 unspecified atom stereocenters. The van der Waals surface area contributed by atoms with Crippen molar-refractivity contribution in [1.82, 2.24) is 0 Å². The van der Waals surface area contributed by atoms with Crippen molar-refractivity contribution in [3.05, 3.63) is 39.9 Å². The Labute approximate surface area is 126 Å². The van der Waals surface area contributed by atoms with Crippen LogP contribution in [0, 0.1) is 28.7 Å². The van der Waals surface area contributed by atoms with Crippen LogP contribution in [-0.4, -0.2) is 12.2 Å². The third-order valence-corrected chi connectivity index (χ3v) is 2.87. The van der Waals surface area contributed by atoms with Crippen LogP contribution in [0.1, 0.15) is 25.1 Å². The first-order chi connectivity index (χ1) is 10.3. The fraction of sp³-hybridized carbons (Fsp3) is 0.286. The van der Waals surface area contributed by atoms with Gasteiger partial charge < -0.3 is 15.2 Å². The van der Waals surface area contributed by atoms with E-state index in [1.54, 1.807) is 32.9 Å². The Morgan fingerprint density at radius 1 is 1.32 bits per heavy atom. The molecule has 8 heteroatoms. The van der Waals surface area contributed by atoms with Gasteiger partial charge in [0.05, 0.1) is 0 Å². The summed E-state index contributed by atoms with van der Waals surface area (Å²) in [7, 11) is 0. The summed E-state index contributed by atoms with van der Waals surface area (Å²) in [6, 6.07) is 6.23. The number of nitrogens with one attached hydrogen (secondary N) is 1. The Bertz CT molecular complexity index is 796. The van der Waals surface area contributed by atoms with Gasteiger partial charge in [-0.3, -0.25) is 0 Å². The van der Waals surface area contributed by atoms with Gasteiger partial charge in [-0.05, 0) is 32.4 Å². The van der Waals surface area contributed by atoms with Crippen LogP contribution in [0.25, 0.3) is 11.0 Å². The molecular formula is C14H14N4O4. The molecule has 22 heavy (non-hydrogen) atoms. The number of benzene rings is 1. The van der Waals surface area contributed by atoms with Gasteiger partial charge >= 0.3 is 17.6 Å². The molecule has 0 saturated heterocycles. The van der Waals surface area contributed by atoms with Crippen LogP contribution in [0.3, 0.4) is 0 Å². The highest BCUT2D eigenvalue weighted by Crippen LogP contribution is 2.14. The van der Waals surface area contributed by atoms with Gasteiger partial charge in [-0.25, -0.2) is 4.73 Å². The first-order valence-electron chi connectivity index (χ1n) is 6.52. The number of ether oxygens (including phenoxy) is 1. The maximum absolute atomic E-state index is 12.3. The molecule has 0 aliphatic heterocycles. The molecule has 1 heterocycles. The molecule has 1 amide bonds. The molecule has 0 atom stereocenters. The van der Waals surface area contributed by atoms with Gasteiger partial charge in [0.1, 0.15) is 6.10 Å². The van der Waals surface area contributed by atoms with E-state index in [1.807, 2.05) is 0 Å². The lowest BCUT2D eigenvalue weighted by Gasteiger charge is -2.13. The second-order valence-corrected chi connectivity index (χ2v) is 4.97. The highest BCUT2D eigenvalue weighted by atomic mass is 16.6. The monoisotopic (exact) mass is 302 g/mol. The van der Waals surface area contributed by atoms with Crippen LogP contribution in [0.15, 0.2) is 18.2 Å². The summed E-state index contributed by atoms with van der Waals surface area (Å²) in [6.07, 6.45) is -1.32. The van der Waals surface area contributed by atoms with Crippen molar-refractivity contribution in [3.8, 4) is 6.07 Å². The third-order valence-electron chi connectivity index (χ3n) is 2.87. The normalized spacial score (nSPS) is 10.5. The molecule has 114 valence electrons. The number of hydrogen-bond donors (Lipinski definition) is 1. The second-order valence-electron chi connectivity index (χ2n) is 4.97. The SMILES string of the molecule is Cc1ccc2c(c1)[n+]([O-])c(C#N)c(NC(=O)OC(C)C)[n+]2[O-]. The van der Waals surface area contributed by atoms with E-state index >= 15 is 0 Å². The molecule has 0 fully saturated rings. The molecule has 0 radical (unpaired) electrons. The van der Waals surface area contributed by atoms with Crippen LogP contribution in [0.2, 0.25) is 0 Å². The Kier molecular flexibility index (Phi) is 3.99. The number of anilines is 1. The standard InChI is InChI=1S/C14H14N4O4/c1-8(2)22-14(19)16-13-12(7-15)17(20)11-6-9(3)4-5-10(11)18(13)21/h4-6,8H,1-3H3,(H,16,19). The lowest BCUT2D eigenvalue weighted by Crippen LogP contribution is -2.45. The van der Waals surface area contributed by atoms with E-state index in [0.29, 0.717) is 9.46 Å². The minimum atomic E-state index is -0.914. The maximum Gasteiger partial charge on any atom is 0.505 e. The number of hydrogen-bond acceptors (Lipinski definition) is 5. The van der Waals surface area contributed by atoms with Crippen molar-refractivity contribution in [3.63, 3.8) is 0 Å². The average molecular weight is 302 g/mol. The molecule has 8 nitrogen and oxygen atoms in total. The van der Waals surface area contributed by atoms with Crippen LogP contribution in [0.5, 0.6) is 0 Å². The number of aryl methyl sites for hydroxylation is 1. The summed E-state index contributed by atoms with van der Waals surface area (Å²) in [5.74, 6) is -0.459. The van der Waals surface area contributed by atoms with Crippen LogP contribution in [-0.2, 0) is 4.74 Å². The number of nitrogens with zero attached hydrogens (tertiary/aromatic N) is 3. The van der Waals surface area contributed by atoms with E-state index < -0.39 is 23.7 Å². The predicted octanol–water partition coefficient (Wildman–Crippen LogP) is 1.24. The fourth-order valence-electron chi connectivity index (χ4n) is 1.95. The van der Waals surface area contributed by atoms with Crippen LogP contribution < -0.4 is 14.8 Å². The topological polar surface area (TPSA) is 116 Å². The Morgan fingerprint density at radius 3 is 2.59 bits per heavy atom. The van der Waals surface area contributed by atoms with E-state index in [2.05, 4.69) is 5.32 Å². The van der Waals surface area contributed by atoms with Gasteiger partial charge in [0.25, 0.3) is 5.52 Å². The van der Waals surface area contributed by atoms with E-state index in [4.69, 9.17) is 10.00 Å². The third kappa shape index (κ3) is 2.69. The lowest BCUT2D eigenvalue weighted by atomic mass is 10.2. The molecule has 1 aromatic carbocycles. The molecule has 1 N–H and O–H groups in total. The van der Waals surface area contributed by atoms with Crippen molar-refractivity contribution in [2.45, 2.75) is 26.9 Å². The summed E-state index contributed by atoms with van der Waals surface area (Å²) in [5.41, 5.74) is 0.350. The highest BCUT2D eigenvalue weighted by Gasteiger charge is 2.29. The van der Waals surface area contributed by atoms with Gasteiger partial charge in [0, 0.05) is 6.07 Å². The van der Waals surface area contributed by atoms with Crippen molar-refractivity contribution in [2.75, 3.05) is 5.32 Å². The van der Waals surface area contributed by atoms with E-state index in [0.717, 1.165) is 5.56 Å². The molecule has 0 spiro atoms. The fourth-order valence-corrected chi connectivity index (χ4v) is 1.95. The summed E-state index contributed by atoms with van der Waals surface area (Å²) >= 11 is 0. The summed E-state index contributed by atoms with van der Waals surface area (Å²) in [5, 5.41) is 35.9. The largest absolute Gasteiger partial charge is 0.710 e. The van der Waals surface area contributed by atoms with Crippen molar-refractivity contribution in [1.29, 1.82) is 5.26 Å². The number of carbonyl (C=O) groups excluding carboxylic acids is 1. The zero-order chi connectivity index (χ0) is 16.4. The number of amides is 1. The van der Waals surface area contributed by atoms with Crippen LogP contribution >= 0.6 is 0 Å². The average Bonchev–Trinajstić information content (AvgIpc) is 2.44. The molecule has 2 aromatic rings. The van der Waals surface area contributed by atoms with E-state index in [9.17, 15) is 15.2 Å². The smallest absolute Gasteiger partial charge is 0.505 e. The van der Waals surface area contributed by atoms with Gasteiger partial charge in [-0.2, -0.15) is 15.4 Å². The molecule has 0 saturated carbocycles. The number of fused-ring (bicyclic) bond motifs is 1. The van der Waals surface area contributed by atoms with Crippen molar-refractivity contribution >= 4 is 22.9 Å². The van der Waals surface area contributed by atoms with Gasteiger partial charge in [-0.15, -0.1) is 4.73 Å². The van der Waals surface area contributed by atoms with Gasteiger partial charge in [0.15, 0.2) is 6.07 Å². The Hall–Kier alpha value is -3.08. The summed E-state index contributed by atoms with van der Waals surface area (Å²) < 4.78 is 5.51. The highest BCUT2D eigenvalue weighted by molar-refractivity contribution is 5.84.